The van der Waals surface area contributed by atoms with Crippen molar-refractivity contribution in [2.24, 2.45) is 10.9 Å². The maximum absolute atomic E-state index is 11.8. The number of hydrogen-bond donors (Lipinski definition) is 3. The van der Waals surface area contributed by atoms with Crippen LogP contribution >= 0.6 is 0 Å². The molecule has 6 heteroatoms. The van der Waals surface area contributed by atoms with Gasteiger partial charge < -0.3 is 21.2 Å². The third-order valence-corrected chi connectivity index (χ3v) is 1.74. The fourth-order valence-electron chi connectivity index (χ4n) is 1.15. The van der Waals surface area contributed by atoms with Crippen molar-refractivity contribution in [2.75, 3.05) is 13.1 Å². The van der Waals surface area contributed by atoms with Crippen LogP contribution in [-0.2, 0) is 0 Å². The summed E-state index contributed by atoms with van der Waals surface area (Å²) in [5, 5.41) is 14.2. The van der Waals surface area contributed by atoms with Crippen molar-refractivity contribution < 1.29 is 10.0 Å². The number of amidine groups is 1. The van der Waals surface area contributed by atoms with Gasteiger partial charge in [0.2, 0.25) is 0 Å². The van der Waals surface area contributed by atoms with Crippen LogP contribution < -0.4 is 11.1 Å². The Labute approximate surface area is 96.5 Å². The molecule has 0 aromatic heterocycles. The van der Waals surface area contributed by atoms with E-state index in [-0.39, 0.29) is 24.0 Å². The Balaban J connectivity index is 4.47. The highest BCUT2D eigenvalue weighted by atomic mass is 16.4. The summed E-state index contributed by atoms with van der Waals surface area (Å²) in [6.45, 7) is 8.36. The number of rotatable bonds is 4. The standard InChI is InChI=1S/C10H22N4O2/c1-5-6-14(7-8(11)13-16)9(15)12-10(2,3)4/h16H,5-7H2,1-4H3,(H2,11,13)(H,12,15). The fourth-order valence-corrected chi connectivity index (χ4v) is 1.15. The summed E-state index contributed by atoms with van der Waals surface area (Å²) in [4.78, 5) is 13.3. The Morgan fingerprint density at radius 2 is 2.06 bits per heavy atom. The summed E-state index contributed by atoms with van der Waals surface area (Å²) in [5.74, 6) is 0.0255. The minimum Gasteiger partial charge on any atom is -0.409 e. The molecule has 0 aliphatic heterocycles. The molecule has 0 heterocycles. The molecule has 0 rings (SSSR count). The molecule has 16 heavy (non-hydrogen) atoms. The summed E-state index contributed by atoms with van der Waals surface area (Å²) in [5.41, 5.74) is 5.09. The zero-order valence-corrected chi connectivity index (χ0v) is 10.4. The number of carbonyl (C=O) groups excluding carboxylic acids is 1. The second kappa shape index (κ2) is 6.19. The molecule has 0 bridgehead atoms. The Kier molecular flexibility index (Phi) is 5.63. The summed E-state index contributed by atoms with van der Waals surface area (Å²) in [7, 11) is 0. The van der Waals surface area contributed by atoms with Gasteiger partial charge in [-0.3, -0.25) is 0 Å². The maximum Gasteiger partial charge on any atom is 0.318 e. The SMILES string of the molecule is CCCN(CC(N)=NO)C(=O)NC(C)(C)C. The number of hydrogen-bond acceptors (Lipinski definition) is 3. The van der Waals surface area contributed by atoms with E-state index < -0.39 is 0 Å². The number of nitrogens with two attached hydrogens (primary N) is 1. The van der Waals surface area contributed by atoms with E-state index in [4.69, 9.17) is 10.9 Å². The molecular weight excluding hydrogens is 208 g/mol. The molecule has 2 amide bonds. The zero-order valence-electron chi connectivity index (χ0n) is 10.4. The van der Waals surface area contributed by atoms with E-state index in [1.165, 1.54) is 4.90 Å². The molecular formula is C10H22N4O2. The van der Waals surface area contributed by atoms with Gasteiger partial charge in [0, 0.05) is 12.1 Å². The first-order valence-electron chi connectivity index (χ1n) is 5.33. The number of urea groups is 1. The number of nitrogens with zero attached hydrogens (tertiary/aromatic N) is 2. The lowest BCUT2D eigenvalue weighted by atomic mass is 10.1. The highest BCUT2D eigenvalue weighted by Crippen LogP contribution is 2.01. The summed E-state index contributed by atoms with van der Waals surface area (Å²) in [6.07, 6.45) is 0.816. The Morgan fingerprint density at radius 3 is 2.44 bits per heavy atom. The van der Waals surface area contributed by atoms with Crippen LogP contribution in [0.25, 0.3) is 0 Å². The summed E-state index contributed by atoms with van der Waals surface area (Å²) < 4.78 is 0. The average Bonchev–Trinajstić information content (AvgIpc) is 2.14. The molecule has 0 aliphatic carbocycles. The first-order chi connectivity index (χ1) is 7.30. The molecule has 0 spiro atoms. The number of nitrogens with one attached hydrogen (secondary N) is 1. The van der Waals surface area contributed by atoms with Crippen LogP contribution in [0.5, 0.6) is 0 Å². The van der Waals surface area contributed by atoms with Gasteiger partial charge in [-0.05, 0) is 27.2 Å². The molecule has 0 aromatic rings. The Morgan fingerprint density at radius 1 is 1.50 bits per heavy atom. The lowest BCUT2D eigenvalue weighted by Gasteiger charge is -2.27. The molecule has 94 valence electrons. The number of amides is 2. The molecule has 0 radical (unpaired) electrons. The van der Waals surface area contributed by atoms with E-state index in [1.807, 2.05) is 27.7 Å². The Hall–Kier alpha value is -1.46. The van der Waals surface area contributed by atoms with Crippen molar-refractivity contribution in [3.8, 4) is 0 Å². The molecule has 0 aliphatic rings. The lowest BCUT2D eigenvalue weighted by molar-refractivity contribution is 0.194. The first kappa shape index (κ1) is 14.5. The monoisotopic (exact) mass is 230 g/mol. The van der Waals surface area contributed by atoms with Gasteiger partial charge in [-0.2, -0.15) is 0 Å². The van der Waals surface area contributed by atoms with Crippen LogP contribution in [0.4, 0.5) is 4.79 Å². The van der Waals surface area contributed by atoms with Gasteiger partial charge in [0.1, 0.15) is 0 Å². The van der Waals surface area contributed by atoms with Crippen LogP contribution in [0, 0.1) is 0 Å². The van der Waals surface area contributed by atoms with Gasteiger partial charge in [0.25, 0.3) is 0 Å². The molecule has 0 saturated carbocycles. The fraction of sp³-hybridized carbons (Fsp3) is 0.800. The smallest absolute Gasteiger partial charge is 0.318 e. The topological polar surface area (TPSA) is 90.9 Å². The molecule has 6 nitrogen and oxygen atoms in total. The molecule has 4 N–H and O–H groups in total. The van der Waals surface area contributed by atoms with Gasteiger partial charge in [0.15, 0.2) is 5.84 Å². The summed E-state index contributed by atoms with van der Waals surface area (Å²) in [6, 6.07) is -0.207. The second-order valence-electron chi connectivity index (χ2n) is 4.69. The van der Waals surface area contributed by atoms with E-state index >= 15 is 0 Å². The van der Waals surface area contributed by atoms with E-state index in [2.05, 4.69) is 10.5 Å². The van der Waals surface area contributed by atoms with Gasteiger partial charge in [-0.1, -0.05) is 12.1 Å². The van der Waals surface area contributed by atoms with Crippen LogP contribution in [0.15, 0.2) is 5.16 Å². The van der Waals surface area contributed by atoms with Crippen molar-refractivity contribution in [1.29, 1.82) is 0 Å². The zero-order chi connectivity index (χ0) is 12.8. The van der Waals surface area contributed by atoms with Crippen LogP contribution in [0.2, 0.25) is 0 Å². The number of oxime groups is 1. The van der Waals surface area contributed by atoms with E-state index in [0.717, 1.165) is 6.42 Å². The van der Waals surface area contributed by atoms with Crippen LogP contribution in [0.1, 0.15) is 34.1 Å². The Bertz CT molecular complexity index is 258. The molecule has 0 atom stereocenters. The predicted molar refractivity (Wildman–Crippen MR) is 63.6 cm³/mol. The first-order valence-corrected chi connectivity index (χ1v) is 5.33. The molecule has 0 fully saturated rings. The highest BCUT2D eigenvalue weighted by Gasteiger charge is 2.19. The van der Waals surface area contributed by atoms with Crippen LogP contribution in [0.3, 0.4) is 0 Å². The predicted octanol–water partition coefficient (Wildman–Crippen LogP) is 0.953. The largest absolute Gasteiger partial charge is 0.409 e. The van der Waals surface area contributed by atoms with E-state index in [0.29, 0.717) is 6.54 Å². The third kappa shape index (κ3) is 6.10. The summed E-state index contributed by atoms with van der Waals surface area (Å²) >= 11 is 0. The van der Waals surface area contributed by atoms with Crippen molar-refractivity contribution in [3.05, 3.63) is 0 Å². The average molecular weight is 230 g/mol. The molecule has 0 aromatic carbocycles. The van der Waals surface area contributed by atoms with Crippen molar-refractivity contribution in [3.63, 3.8) is 0 Å². The minimum atomic E-state index is -0.297. The molecule has 0 unspecified atom stereocenters. The quantitative estimate of drug-likeness (QED) is 0.291. The van der Waals surface area contributed by atoms with Gasteiger partial charge in [-0.25, -0.2) is 4.79 Å². The second-order valence-corrected chi connectivity index (χ2v) is 4.69. The third-order valence-electron chi connectivity index (χ3n) is 1.74. The number of carbonyl (C=O) groups is 1. The maximum atomic E-state index is 11.8. The van der Waals surface area contributed by atoms with Crippen molar-refractivity contribution in [1.82, 2.24) is 10.2 Å². The molecule has 0 saturated heterocycles. The van der Waals surface area contributed by atoms with E-state index in [9.17, 15) is 4.79 Å². The van der Waals surface area contributed by atoms with Gasteiger partial charge >= 0.3 is 6.03 Å². The van der Waals surface area contributed by atoms with Crippen molar-refractivity contribution >= 4 is 11.9 Å². The minimum absolute atomic E-state index is 0.0255. The van der Waals surface area contributed by atoms with Crippen molar-refractivity contribution in [2.45, 2.75) is 39.7 Å². The normalized spacial score (nSPS) is 12.4. The van der Waals surface area contributed by atoms with E-state index in [1.54, 1.807) is 0 Å². The van der Waals surface area contributed by atoms with Gasteiger partial charge in [-0.15, -0.1) is 0 Å². The van der Waals surface area contributed by atoms with Gasteiger partial charge in [0.05, 0.1) is 6.54 Å². The lowest BCUT2D eigenvalue weighted by Crippen LogP contribution is -2.50. The van der Waals surface area contributed by atoms with Crippen LogP contribution in [-0.4, -0.2) is 40.6 Å². The highest BCUT2D eigenvalue weighted by molar-refractivity contribution is 5.86.